The van der Waals surface area contributed by atoms with Crippen LogP contribution in [-0.4, -0.2) is 47.2 Å². The van der Waals surface area contributed by atoms with Gasteiger partial charge in [-0.3, -0.25) is 9.69 Å². The molecule has 2 unspecified atom stereocenters. The molecule has 0 aromatic heterocycles. The average Bonchev–Trinajstić information content (AvgIpc) is 2.65. The molecule has 1 saturated heterocycles. The third-order valence-corrected chi connectivity index (χ3v) is 3.74. The van der Waals surface area contributed by atoms with Crippen LogP contribution >= 0.6 is 0 Å². The summed E-state index contributed by atoms with van der Waals surface area (Å²) in [6.07, 6.45) is 2.38. The summed E-state index contributed by atoms with van der Waals surface area (Å²) in [4.78, 5) is 13.7. The van der Waals surface area contributed by atoms with E-state index in [4.69, 9.17) is 0 Å². The van der Waals surface area contributed by atoms with Gasteiger partial charge >= 0.3 is 5.97 Å². The number of rotatable bonds is 6. The largest absolute Gasteiger partial charge is 0.480 e. The van der Waals surface area contributed by atoms with Crippen LogP contribution in [0.3, 0.4) is 0 Å². The van der Waals surface area contributed by atoms with Gasteiger partial charge in [0.2, 0.25) is 0 Å². The van der Waals surface area contributed by atoms with E-state index in [0.29, 0.717) is 25.0 Å². The van der Waals surface area contributed by atoms with Crippen LogP contribution < -0.4 is 5.32 Å². The van der Waals surface area contributed by atoms with E-state index in [0.717, 1.165) is 6.54 Å². The zero-order valence-electron chi connectivity index (χ0n) is 11.5. The Balaban J connectivity index is 2.70. The predicted molar refractivity (Wildman–Crippen MR) is 69.2 cm³/mol. The van der Waals surface area contributed by atoms with Crippen molar-refractivity contribution in [2.45, 2.75) is 52.1 Å². The zero-order valence-corrected chi connectivity index (χ0v) is 11.5. The van der Waals surface area contributed by atoms with Gasteiger partial charge in [-0.1, -0.05) is 20.8 Å². The summed E-state index contributed by atoms with van der Waals surface area (Å²) >= 11 is 0. The SMILES string of the molecule is CCNC(C)(CN1CCCC1C(C)C)C(=O)O. The van der Waals surface area contributed by atoms with E-state index in [1.807, 2.05) is 6.92 Å². The van der Waals surface area contributed by atoms with Crippen molar-refractivity contribution in [2.24, 2.45) is 5.92 Å². The topological polar surface area (TPSA) is 52.6 Å². The van der Waals surface area contributed by atoms with Crippen LogP contribution in [0.25, 0.3) is 0 Å². The van der Waals surface area contributed by atoms with Crippen molar-refractivity contribution in [3.05, 3.63) is 0 Å². The highest BCUT2D eigenvalue weighted by Gasteiger charge is 2.38. The van der Waals surface area contributed by atoms with Crippen molar-refractivity contribution in [3.8, 4) is 0 Å². The van der Waals surface area contributed by atoms with Crippen molar-refractivity contribution in [3.63, 3.8) is 0 Å². The molecule has 0 aromatic carbocycles. The molecular weight excluding hydrogens is 216 g/mol. The third-order valence-electron chi connectivity index (χ3n) is 3.74. The molecule has 0 aromatic rings. The van der Waals surface area contributed by atoms with Crippen LogP contribution in [0.4, 0.5) is 0 Å². The fourth-order valence-corrected chi connectivity index (χ4v) is 2.80. The van der Waals surface area contributed by atoms with Gasteiger partial charge < -0.3 is 10.4 Å². The van der Waals surface area contributed by atoms with Gasteiger partial charge in [0.05, 0.1) is 0 Å². The summed E-state index contributed by atoms with van der Waals surface area (Å²) in [5.41, 5.74) is -0.827. The minimum Gasteiger partial charge on any atom is -0.480 e. The fourth-order valence-electron chi connectivity index (χ4n) is 2.80. The molecule has 0 radical (unpaired) electrons. The second-order valence-electron chi connectivity index (χ2n) is 5.59. The fraction of sp³-hybridized carbons (Fsp3) is 0.923. The molecule has 4 heteroatoms. The summed E-state index contributed by atoms with van der Waals surface area (Å²) in [6, 6.07) is 0.535. The molecule has 100 valence electrons. The molecule has 2 atom stereocenters. The average molecular weight is 242 g/mol. The van der Waals surface area contributed by atoms with E-state index in [9.17, 15) is 9.90 Å². The first-order valence-electron chi connectivity index (χ1n) is 6.63. The van der Waals surface area contributed by atoms with Gasteiger partial charge in [-0.25, -0.2) is 0 Å². The maximum absolute atomic E-state index is 11.4. The number of carbonyl (C=O) groups is 1. The van der Waals surface area contributed by atoms with E-state index in [-0.39, 0.29) is 0 Å². The van der Waals surface area contributed by atoms with Crippen LogP contribution in [-0.2, 0) is 4.79 Å². The summed E-state index contributed by atoms with van der Waals surface area (Å²) in [7, 11) is 0. The molecule has 0 amide bonds. The molecule has 4 nitrogen and oxygen atoms in total. The predicted octanol–water partition coefficient (Wildman–Crippen LogP) is 1.56. The molecule has 0 aliphatic carbocycles. The van der Waals surface area contributed by atoms with Crippen molar-refractivity contribution in [2.75, 3.05) is 19.6 Å². The highest BCUT2D eigenvalue weighted by molar-refractivity contribution is 5.78. The lowest BCUT2D eigenvalue weighted by molar-refractivity contribution is -0.145. The lowest BCUT2D eigenvalue weighted by Crippen LogP contribution is -2.58. The van der Waals surface area contributed by atoms with Crippen LogP contribution in [0, 0.1) is 5.92 Å². The van der Waals surface area contributed by atoms with Crippen LogP contribution in [0.1, 0.15) is 40.5 Å². The Morgan fingerprint density at radius 1 is 1.59 bits per heavy atom. The number of carboxylic acid groups (broad SMARTS) is 1. The van der Waals surface area contributed by atoms with Gasteiger partial charge in [0.15, 0.2) is 0 Å². The minimum atomic E-state index is -0.827. The van der Waals surface area contributed by atoms with E-state index in [1.165, 1.54) is 12.8 Å². The van der Waals surface area contributed by atoms with E-state index >= 15 is 0 Å². The molecule has 2 N–H and O–H groups in total. The first-order chi connectivity index (χ1) is 7.90. The Kier molecular flexibility index (Phi) is 4.95. The summed E-state index contributed by atoms with van der Waals surface area (Å²) in [6.45, 7) is 10.5. The summed E-state index contributed by atoms with van der Waals surface area (Å²) < 4.78 is 0. The first-order valence-corrected chi connectivity index (χ1v) is 6.63. The highest BCUT2D eigenvalue weighted by Crippen LogP contribution is 2.25. The number of nitrogens with one attached hydrogen (secondary N) is 1. The summed E-state index contributed by atoms with van der Waals surface area (Å²) in [5, 5.41) is 12.5. The third kappa shape index (κ3) is 3.42. The van der Waals surface area contributed by atoms with Crippen molar-refractivity contribution < 1.29 is 9.90 Å². The zero-order chi connectivity index (χ0) is 13.1. The van der Waals surface area contributed by atoms with Crippen LogP contribution in [0.15, 0.2) is 0 Å². The monoisotopic (exact) mass is 242 g/mol. The molecule has 17 heavy (non-hydrogen) atoms. The van der Waals surface area contributed by atoms with Gasteiger partial charge in [-0.2, -0.15) is 0 Å². The number of likely N-dealkylation sites (tertiary alicyclic amines) is 1. The number of hydrogen-bond donors (Lipinski definition) is 2. The molecule has 1 aliphatic rings. The minimum absolute atomic E-state index is 0.535. The Morgan fingerprint density at radius 2 is 2.24 bits per heavy atom. The van der Waals surface area contributed by atoms with Crippen molar-refractivity contribution >= 4 is 5.97 Å². The number of carboxylic acids is 1. The number of likely N-dealkylation sites (N-methyl/N-ethyl adjacent to an activating group) is 1. The van der Waals surface area contributed by atoms with Crippen molar-refractivity contribution in [1.82, 2.24) is 10.2 Å². The van der Waals surface area contributed by atoms with Gasteiger partial charge in [-0.05, 0) is 38.8 Å². The van der Waals surface area contributed by atoms with Gasteiger partial charge in [0, 0.05) is 12.6 Å². The molecule has 1 aliphatic heterocycles. The van der Waals surface area contributed by atoms with E-state index in [2.05, 4.69) is 24.1 Å². The Labute approximate surface area is 104 Å². The smallest absolute Gasteiger partial charge is 0.324 e. The van der Waals surface area contributed by atoms with E-state index in [1.54, 1.807) is 6.92 Å². The first kappa shape index (κ1) is 14.5. The van der Waals surface area contributed by atoms with Crippen LogP contribution in [0.5, 0.6) is 0 Å². The maximum atomic E-state index is 11.4. The van der Waals surface area contributed by atoms with Gasteiger partial charge in [0.1, 0.15) is 5.54 Å². The number of hydrogen-bond acceptors (Lipinski definition) is 3. The quantitative estimate of drug-likeness (QED) is 0.742. The molecule has 0 bridgehead atoms. The second-order valence-corrected chi connectivity index (χ2v) is 5.59. The molecule has 1 rings (SSSR count). The Bertz CT molecular complexity index is 268. The number of nitrogens with zero attached hydrogens (tertiary/aromatic N) is 1. The maximum Gasteiger partial charge on any atom is 0.324 e. The standard InChI is InChI=1S/C13H26N2O2/c1-5-14-13(4,12(16)17)9-15-8-6-7-11(15)10(2)3/h10-11,14H,5-9H2,1-4H3,(H,16,17). The molecular formula is C13H26N2O2. The van der Waals surface area contributed by atoms with Crippen LogP contribution in [0.2, 0.25) is 0 Å². The van der Waals surface area contributed by atoms with Gasteiger partial charge in [0.25, 0.3) is 0 Å². The summed E-state index contributed by atoms with van der Waals surface area (Å²) in [5.74, 6) is -0.161. The lowest BCUT2D eigenvalue weighted by atomic mass is 9.98. The highest BCUT2D eigenvalue weighted by atomic mass is 16.4. The molecule has 0 spiro atoms. The van der Waals surface area contributed by atoms with E-state index < -0.39 is 11.5 Å². The second kappa shape index (κ2) is 5.83. The molecule has 1 fully saturated rings. The van der Waals surface area contributed by atoms with Crippen molar-refractivity contribution in [1.29, 1.82) is 0 Å². The molecule has 0 saturated carbocycles. The Morgan fingerprint density at radius 3 is 2.71 bits per heavy atom. The van der Waals surface area contributed by atoms with Gasteiger partial charge in [-0.15, -0.1) is 0 Å². The number of aliphatic carboxylic acids is 1. The molecule has 1 heterocycles. The normalized spacial score (nSPS) is 25.1. The Hall–Kier alpha value is -0.610. The lowest BCUT2D eigenvalue weighted by Gasteiger charge is -2.35.